The van der Waals surface area contributed by atoms with Gasteiger partial charge >= 0.3 is 0 Å². The maximum absolute atomic E-state index is 5.63. The summed E-state index contributed by atoms with van der Waals surface area (Å²) in [5.74, 6) is 1.73. The van der Waals surface area contributed by atoms with Gasteiger partial charge in [-0.05, 0) is 29.4 Å². The van der Waals surface area contributed by atoms with Crippen LogP contribution in [0.1, 0.15) is 30.9 Å². The maximum Gasteiger partial charge on any atom is 0.136 e. The minimum Gasteiger partial charge on any atom is -0.492 e. The highest BCUT2D eigenvalue weighted by Crippen LogP contribution is 2.37. The molecular weight excluding hydrogens is 192 g/mol. The van der Waals surface area contributed by atoms with Gasteiger partial charge in [-0.15, -0.1) is 11.8 Å². The quantitative estimate of drug-likeness (QED) is 0.688. The second-order valence-electron chi connectivity index (χ2n) is 3.96. The Bertz CT molecular complexity index is 344. The van der Waals surface area contributed by atoms with Crippen LogP contribution in [0, 0.1) is 0 Å². The van der Waals surface area contributed by atoms with E-state index in [0.29, 0.717) is 5.92 Å². The van der Waals surface area contributed by atoms with Crippen LogP contribution >= 0.6 is 11.8 Å². The van der Waals surface area contributed by atoms with Crippen LogP contribution in [-0.2, 0) is 6.42 Å². The zero-order chi connectivity index (χ0) is 10.1. The average molecular weight is 208 g/mol. The summed E-state index contributed by atoms with van der Waals surface area (Å²) in [7, 11) is 0. The first-order valence-electron chi connectivity index (χ1n) is 5.06. The van der Waals surface area contributed by atoms with Crippen LogP contribution in [0.5, 0.6) is 5.75 Å². The SMILES string of the molecule is CSc1cc(C(C)C)cc2c1OCC2. The lowest BCUT2D eigenvalue weighted by Crippen LogP contribution is -1.91. The van der Waals surface area contributed by atoms with Crippen molar-refractivity contribution >= 4 is 11.8 Å². The largest absolute Gasteiger partial charge is 0.492 e. The summed E-state index contributed by atoms with van der Waals surface area (Å²) in [6, 6.07) is 4.56. The van der Waals surface area contributed by atoms with Gasteiger partial charge in [0.15, 0.2) is 0 Å². The Morgan fingerprint density at radius 1 is 1.36 bits per heavy atom. The first kappa shape index (κ1) is 9.91. The molecule has 0 spiro atoms. The fraction of sp³-hybridized carbons (Fsp3) is 0.500. The van der Waals surface area contributed by atoms with Crippen LogP contribution in [0.15, 0.2) is 17.0 Å². The number of fused-ring (bicyclic) bond motifs is 1. The van der Waals surface area contributed by atoms with E-state index in [-0.39, 0.29) is 0 Å². The molecule has 0 saturated carbocycles. The first-order chi connectivity index (χ1) is 6.72. The predicted molar refractivity (Wildman–Crippen MR) is 61.5 cm³/mol. The summed E-state index contributed by atoms with van der Waals surface area (Å²) in [4.78, 5) is 1.30. The van der Waals surface area contributed by atoms with Gasteiger partial charge in [0.05, 0.1) is 6.61 Å². The Morgan fingerprint density at radius 2 is 2.14 bits per heavy atom. The molecule has 1 heterocycles. The Morgan fingerprint density at radius 3 is 2.79 bits per heavy atom. The molecule has 2 rings (SSSR count). The molecular formula is C12H16OS. The third-order valence-electron chi connectivity index (χ3n) is 2.66. The molecule has 0 fully saturated rings. The second-order valence-corrected chi connectivity index (χ2v) is 4.81. The van der Waals surface area contributed by atoms with Crippen molar-refractivity contribution in [1.29, 1.82) is 0 Å². The van der Waals surface area contributed by atoms with E-state index in [1.807, 2.05) is 0 Å². The molecule has 0 aliphatic carbocycles. The van der Waals surface area contributed by atoms with Crippen LogP contribution in [0.2, 0.25) is 0 Å². The number of hydrogen-bond donors (Lipinski definition) is 0. The number of ether oxygens (including phenoxy) is 1. The molecule has 0 atom stereocenters. The van der Waals surface area contributed by atoms with Crippen LogP contribution in [0.25, 0.3) is 0 Å². The molecule has 0 amide bonds. The van der Waals surface area contributed by atoms with Crippen molar-refractivity contribution in [2.24, 2.45) is 0 Å². The number of hydrogen-bond acceptors (Lipinski definition) is 2. The molecule has 1 aliphatic heterocycles. The highest BCUT2D eigenvalue weighted by molar-refractivity contribution is 7.98. The molecule has 1 nitrogen and oxygen atoms in total. The summed E-state index contributed by atoms with van der Waals surface area (Å²) in [6.07, 6.45) is 3.19. The van der Waals surface area contributed by atoms with Gasteiger partial charge in [0.1, 0.15) is 5.75 Å². The maximum atomic E-state index is 5.63. The van der Waals surface area contributed by atoms with E-state index >= 15 is 0 Å². The second kappa shape index (κ2) is 3.85. The monoisotopic (exact) mass is 208 g/mol. The van der Waals surface area contributed by atoms with Gasteiger partial charge in [-0.3, -0.25) is 0 Å². The molecule has 1 aromatic carbocycles. The van der Waals surface area contributed by atoms with Gasteiger partial charge in [0, 0.05) is 11.3 Å². The van der Waals surface area contributed by atoms with Crippen molar-refractivity contribution in [2.75, 3.05) is 12.9 Å². The van der Waals surface area contributed by atoms with E-state index in [4.69, 9.17) is 4.74 Å². The normalized spacial score (nSPS) is 14.3. The zero-order valence-corrected chi connectivity index (χ0v) is 9.78. The van der Waals surface area contributed by atoms with Crippen molar-refractivity contribution in [3.05, 3.63) is 23.3 Å². The molecule has 1 aliphatic rings. The molecule has 0 unspecified atom stereocenters. The van der Waals surface area contributed by atoms with E-state index < -0.39 is 0 Å². The fourth-order valence-corrected chi connectivity index (χ4v) is 2.41. The highest BCUT2D eigenvalue weighted by atomic mass is 32.2. The minimum atomic E-state index is 0.604. The van der Waals surface area contributed by atoms with E-state index in [1.165, 1.54) is 16.0 Å². The molecule has 0 radical (unpaired) electrons. The molecule has 0 aromatic heterocycles. The van der Waals surface area contributed by atoms with E-state index in [1.54, 1.807) is 11.8 Å². The molecule has 14 heavy (non-hydrogen) atoms. The predicted octanol–water partition coefficient (Wildman–Crippen LogP) is 3.47. The van der Waals surface area contributed by atoms with Crippen LogP contribution in [0.3, 0.4) is 0 Å². The summed E-state index contributed by atoms with van der Waals surface area (Å²) >= 11 is 1.78. The Hall–Kier alpha value is -0.630. The summed E-state index contributed by atoms with van der Waals surface area (Å²) < 4.78 is 5.63. The van der Waals surface area contributed by atoms with Gasteiger partial charge in [0.25, 0.3) is 0 Å². The van der Waals surface area contributed by atoms with Crippen molar-refractivity contribution in [2.45, 2.75) is 31.1 Å². The van der Waals surface area contributed by atoms with Gasteiger partial charge in [-0.25, -0.2) is 0 Å². The van der Waals surface area contributed by atoms with Crippen molar-refractivity contribution in [1.82, 2.24) is 0 Å². The smallest absolute Gasteiger partial charge is 0.136 e. The van der Waals surface area contributed by atoms with Gasteiger partial charge in [-0.1, -0.05) is 19.9 Å². The fourth-order valence-electron chi connectivity index (χ4n) is 1.78. The lowest BCUT2D eigenvalue weighted by atomic mass is 10.00. The molecule has 0 bridgehead atoms. The number of benzene rings is 1. The summed E-state index contributed by atoms with van der Waals surface area (Å²) in [5.41, 5.74) is 2.82. The lowest BCUT2D eigenvalue weighted by Gasteiger charge is -2.11. The summed E-state index contributed by atoms with van der Waals surface area (Å²) in [5, 5.41) is 0. The van der Waals surface area contributed by atoms with Crippen molar-refractivity contribution in [3.63, 3.8) is 0 Å². The Kier molecular flexibility index (Phi) is 2.73. The zero-order valence-electron chi connectivity index (χ0n) is 8.96. The molecule has 2 heteroatoms. The molecule has 0 N–H and O–H groups in total. The number of thioether (sulfide) groups is 1. The third kappa shape index (κ3) is 1.63. The van der Waals surface area contributed by atoms with Crippen LogP contribution in [-0.4, -0.2) is 12.9 Å². The van der Waals surface area contributed by atoms with Gasteiger partial charge in [-0.2, -0.15) is 0 Å². The van der Waals surface area contributed by atoms with E-state index in [2.05, 4.69) is 32.2 Å². The Balaban J connectivity index is 2.49. The van der Waals surface area contributed by atoms with Gasteiger partial charge < -0.3 is 4.74 Å². The minimum absolute atomic E-state index is 0.604. The van der Waals surface area contributed by atoms with Crippen molar-refractivity contribution in [3.8, 4) is 5.75 Å². The Labute approximate surface area is 89.9 Å². The van der Waals surface area contributed by atoms with E-state index in [0.717, 1.165) is 18.8 Å². The summed E-state index contributed by atoms with van der Waals surface area (Å²) in [6.45, 7) is 5.33. The number of rotatable bonds is 2. The van der Waals surface area contributed by atoms with Crippen LogP contribution in [0.4, 0.5) is 0 Å². The topological polar surface area (TPSA) is 9.23 Å². The highest BCUT2D eigenvalue weighted by Gasteiger charge is 2.17. The molecule has 1 aromatic rings. The van der Waals surface area contributed by atoms with Gasteiger partial charge in [0.2, 0.25) is 0 Å². The van der Waals surface area contributed by atoms with Crippen LogP contribution < -0.4 is 4.74 Å². The third-order valence-corrected chi connectivity index (χ3v) is 3.40. The molecule has 76 valence electrons. The standard InChI is InChI=1S/C12H16OS/c1-8(2)10-6-9-4-5-13-12(9)11(7-10)14-3/h6-8H,4-5H2,1-3H3. The molecule has 0 saturated heterocycles. The van der Waals surface area contributed by atoms with Crippen molar-refractivity contribution < 1.29 is 4.74 Å². The average Bonchev–Trinajstić information content (AvgIpc) is 2.63. The first-order valence-corrected chi connectivity index (χ1v) is 6.28. The van der Waals surface area contributed by atoms with E-state index in [9.17, 15) is 0 Å². The lowest BCUT2D eigenvalue weighted by molar-refractivity contribution is 0.349.